The molecule has 2 N–H and O–H groups in total. The zero-order valence-electron chi connectivity index (χ0n) is 14.2. The highest BCUT2D eigenvalue weighted by molar-refractivity contribution is 5.65. The normalized spacial score (nSPS) is 17.6. The summed E-state index contributed by atoms with van der Waals surface area (Å²) in [6, 6.07) is 5.27. The lowest BCUT2D eigenvalue weighted by Crippen LogP contribution is -2.20. The third kappa shape index (κ3) is 3.65. The fourth-order valence-electron chi connectivity index (χ4n) is 3.00. The van der Waals surface area contributed by atoms with Crippen LogP contribution in [0.1, 0.15) is 19.3 Å². The van der Waals surface area contributed by atoms with Gasteiger partial charge in [0, 0.05) is 18.5 Å². The number of imidazole rings is 1. The molecule has 1 aromatic carbocycles. The van der Waals surface area contributed by atoms with Gasteiger partial charge in [0.15, 0.2) is 5.82 Å². The van der Waals surface area contributed by atoms with Crippen LogP contribution in [0.5, 0.6) is 11.6 Å². The van der Waals surface area contributed by atoms with Gasteiger partial charge >= 0.3 is 0 Å². The molecule has 1 atom stereocenters. The quantitative estimate of drug-likeness (QED) is 0.740. The van der Waals surface area contributed by atoms with Gasteiger partial charge in [-0.15, -0.1) is 10.2 Å². The van der Waals surface area contributed by atoms with Crippen molar-refractivity contribution in [1.82, 2.24) is 30.0 Å². The summed E-state index contributed by atoms with van der Waals surface area (Å²) in [5, 5.41) is 21.9. The first kappa shape index (κ1) is 16.5. The molecule has 134 valence electrons. The Morgan fingerprint density at radius 3 is 2.92 bits per heavy atom. The van der Waals surface area contributed by atoms with E-state index in [2.05, 4.69) is 25.5 Å². The maximum Gasteiger partial charge on any atom is 0.252 e. The molecule has 4 rings (SSSR count). The molecule has 1 saturated heterocycles. The molecular weight excluding hydrogens is 332 g/mol. The van der Waals surface area contributed by atoms with Crippen LogP contribution in [0.25, 0.3) is 17.1 Å². The van der Waals surface area contributed by atoms with Crippen LogP contribution in [0.4, 0.5) is 0 Å². The van der Waals surface area contributed by atoms with Crippen molar-refractivity contribution in [3.63, 3.8) is 0 Å². The van der Waals surface area contributed by atoms with E-state index in [1.807, 2.05) is 12.3 Å². The van der Waals surface area contributed by atoms with Crippen LogP contribution in [0.15, 0.2) is 43.1 Å². The molecule has 3 aromatic rings. The Morgan fingerprint density at radius 1 is 1.19 bits per heavy atom. The molecule has 2 aromatic heterocycles. The van der Waals surface area contributed by atoms with E-state index < -0.39 is 0 Å². The van der Waals surface area contributed by atoms with Crippen molar-refractivity contribution in [2.75, 3.05) is 13.1 Å². The van der Waals surface area contributed by atoms with E-state index in [-0.39, 0.29) is 11.9 Å². The average Bonchev–Trinajstić information content (AvgIpc) is 3.08. The molecule has 0 spiro atoms. The third-order valence-corrected chi connectivity index (χ3v) is 4.38. The van der Waals surface area contributed by atoms with Crippen LogP contribution in [0.2, 0.25) is 0 Å². The van der Waals surface area contributed by atoms with Crippen molar-refractivity contribution in [3.8, 4) is 28.7 Å². The molecule has 1 unspecified atom stereocenters. The van der Waals surface area contributed by atoms with Gasteiger partial charge in [-0.2, -0.15) is 0 Å². The smallest absolute Gasteiger partial charge is 0.252 e. The maximum absolute atomic E-state index is 10.3. The number of aromatic hydroxyl groups is 1. The Hall–Kier alpha value is -3.00. The number of ether oxygens (including phenoxy) is 1. The van der Waals surface area contributed by atoms with Crippen LogP contribution in [-0.4, -0.2) is 49.0 Å². The predicted octanol–water partition coefficient (Wildman–Crippen LogP) is 1.95. The average molecular weight is 352 g/mol. The fraction of sp³-hybridized carbons (Fsp3) is 0.333. The minimum absolute atomic E-state index is 0.0847. The van der Waals surface area contributed by atoms with Gasteiger partial charge in [0.25, 0.3) is 5.88 Å². The minimum atomic E-state index is 0.0847. The Bertz CT molecular complexity index is 843. The predicted molar refractivity (Wildman–Crippen MR) is 95.2 cm³/mol. The number of nitrogens with zero attached hydrogens (tertiary/aromatic N) is 5. The van der Waals surface area contributed by atoms with E-state index in [1.54, 1.807) is 35.4 Å². The van der Waals surface area contributed by atoms with Crippen molar-refractivity contribution in [2.24, 2.45) is 0 Å². The molecule has 1 aliphatic heterocycles. The molecule has 8 nitrogen and oxygen atoms in total. The van der Waals surface area contributed by atoms with Gasteiger partial charge in [0.05, 0.1) is 23.8 Å². The highest BCUT2D eigenvalue weighted by atomic mass is 16.5. The van der Waals surface area contributed by atoms with Gasteiger partial charge in [-0.3, -0.25) is 0 Å². The topological polar surface area (TPSA) is 98.0 Å². The number of phenolic OH excluding ortho intramolecular Hbond substituents is 1. The van der Waals surface area contributed by atoms with Gasteiger partial charge in [-0.25, -0.2) is 9.97 Å². The summed E-state index contributed by atoms with van der Waals surface area (Å²) in [5.41, 5.74) is 1.32. The number of benzene rings is 1. The number of hydrogen-bond acceptors (Lipinski definition) is 7. The van der Waals surface area contributed by atoms with E-state index in [4.69, 9.17) is 4.74 Å². The van der Waals surface area contributed by atoms with Crippen LogP contribution < -0.4 is 10.1 Å². The monoisotopic (exact) mass is 352 g/mol. The number of rotatable bonds is 4. The standard InChI is InChI=1S/C18H20N6O2/c25-16-10-13(24-9-8-20-12-24)3-4-15(16)18-21-11-17(22-23-18)26-14-2-1-6-19-7-5-14/h3-4,8-12,14,19,25H,1-2,5-7H2. The second kappa shape index (κ2) is 7.49. The number of phenols is 1. The molecule has 1 aliphatic rings. The Labute approximate surface area is 150 Å². The molecule has 1 fully saturated rings. The Balaban J connectivity index is 1.49. The fourth-order valence-corrected chi connectivity index (χ4v) is 3.00. The van der Waals surface area contributed by atoms with Gasteiger partial charge < -0.3 is 19.7 Å². The first-order valence-electron chi connectivity index (χ1n) is 8.68. The lowest BCUT2D eigenvalue weighted by molar-refractivity contribution is 0.177. The summed E-state index contributed by atoms with van der Waals surface area (Å²) in [5.74, 6) is 0.853. The van der Waals surface area contributed by atoms with E-state index in [9.17, 15) is 5.11 Å². The van der Waals surface area contributed by atoms with Crippen LogP contribution in [0.3, 0.4) is 0 Å². The molecule has 8 heteroatoms. The molecule has 0 radical (unpaired) electrons. The summed E-state index contributed by atoms with van der Waals surface area (Å²) in [7, 11) is 0. The summed E-state index contributed by atoms with van der Waals surface area (Å²) in [6.07, 6.45) is 9.87. The van der Waals surface area contributed by atoms with E-state index in [1.165, 1.54) is 0 Å². The zero-order valence-corrected chi connectivity index (χ0v) is 14.2. The largest absolute Gasteiger partial charge is 0.507 e. The van der Waals surface area contributed by atoms with Gasteiger partial charge in [0.2, 0.25) is 0 Å². The zero-order chi connectivity index (χ0) is 17.8. The van der Waals surface area contributed by atoms with Gasteiger partial charge in [-0.1, -0.05) is 0 Å². The molecular formula is C18H20N6O2. The van der Waals surface area contributed by atoms with Crippen molar-refractivity contribution in [3.05, 3.63) is 43.1 Å². The van der Waals surface area contributed by atoms with Crippen molar-refractivity contribution < 1.29 is 9.84 Å². The first-order valence-corrected chi connectivity index (χ1v) is 8.68. The highest BCUT2D eigenvalue weighted by Gasteiger charge is 2.15. The van der Waals surface area contributed by atoms with Gasteiger partial charge in [-0.05, 0) is 44.5 Å². The number of aromatic nitrogens is 5. The van der Waals surface area contributed by atoms with Crippen LogP contribution >= 0.6 is 0 Å². The molecule has 0 saturated carbocycles. The lowest BCUT2D eigenvalue weighted by Gasteiger charge is -2.15. The molecule has 3 heterocycles. The van der Waals surface area contributed by atoms with Crippen molar-refractivity contribution in [1.29, 1.82) is 0 Å². The molecule has 0 amide bonds. The summed E-state index contributed by atoms with van der Waals surface area (Å²) >= 11 is 0. The summed E-state index contributed by atoms with van der Waals surface area (Å²) < 4.78 is 7.68. The van der Waals surface area contributed by atoms with E-state index in [0.717, 1.165) is 38.0 Å². The van der Waals surface area contributed by atoms with Crippen molar-refractivity contribution in [2.45, 2.75) is 25.4 Å². The van der Waals surface area contributed by atoms with Crippen molar-refractivity contribution >= 4 is 0 Å². The van der Waals surface area contributed by atoms with Gasteiger partial charge in [0.1, 0.15) is 11.9 Å². The number of nitrogens with one attached hydrogen (secondary N) is 1. The Kier molecular flexibility index (Phi) is 4.74. The van der Waals surface area contributed by atoms with Crippen LogP contribution in [0, 0.1) is 0 Å². The lowest BCUT2D eigenvalue weighted by atomic mass is 10.1. The maximum atomic E-state index is 10.3. The van der Waals surface area contributed by atoms with E-state index >= 15 is 0 Å². The van der Waals surface area contributed by atoms with Crippen LogP contribution in [-0.2, 0) is 0 Å². The SMILES string of the molecule is Oc1cc(-n2ccnc2)ccc1-c1ncc(OC2CCCNCC2)nn1. The third-order valence-electron chi connectivity index (χ3n) is 4.38. The number of hydrogen-bond donors (Lipinski definition) is 2. The second-order valence-electron chi connectivity index (χ2n) is 6.21. The first-order chi connectivity index (χ1) is 12.8. The molecule has 0 bridgehead atoms. The summed E-state index contributed by atoms with van der Waals surface area (Å²) in [4.78, 5) is 8.30. The minimum Gasteiger partial charge on any atom is -0.507 e. The van der Waals surface area contributed by atoms with E-state index in [0.29, 0.717) is 17.3 Å². The Morgan fingerprint density at radius 2 is 2.15 bits per heavy atom. The second-order valence-corrected chi connectivity index (χ2v) is 6.21. The highest BCUT2D eigenvalue weighted by Crippen LogP contribution is 2.28. The molecule has 26 heavy (non-hydrogen) atoms. The molecule has 0 aliphatic carbocycles. The summed E-state index contributed by atoms with van der Waals surface area (Å²) in [6.45, 7) is 1.97.